The van der Waals surface area contributed by atoms with Gasteiger partial charge in [0.25, 0.3) is 5.91 Å². The molecule has 2 N–H and O–H groups in total. The number of allylic oxidation sites excluding steroid dienone is 1. The molecule has 7 heteroatoms. The number of hydrogen-bond donors (Lipinski definition) is 2. The maximum atomic E-state index is 13.9. The lowest BCUT2D eigenvalue weighted by atomic mass is 9.90. The Labute approximate surface area is 185 Å². The number of ether oxygens (including phenoxy) is 1. The highest BCUT2D eigenvalue weighted by Crippen LogP contribution is 2.36. The summed E-state index contributed by atoms with van der Waals surface area (Å²) in [5.41, 5.74) is 1.71. The number of fused-ring (bicyclic) bond motifs is 1. The molecule has 5 nitrogen and oxygen atoms in total. The van der Waals surface area contributed by atoms with E-state index in [9.17, 15) is 13.6 Å². The van der Waals surface area contributed by atoms with Gasteiger partial charge in [-0.15, -0.1) is 0 Å². The van der Waals surface area contributed by atoms with Crippen LogP contribution in [-0.4, -0.2) is 25.1 Å². The second-order valence-electron chi connectivity index (χ2n) is 8.06. The molecule has 1 aromatic heterocycles. The molecule has 3 aromatic rings. The zero-order valence-electron chi connectivity index (χ0n) is 17.9. The van der Waals surface area contributed by atoms with Gasteiger partial charge in [-0.25, -0.2) is 0 Å². The van der Waals surface area contributed by atoms with E-state index >= 15 is 0 Å². The second kappa shape index (κ2) is 9.02. The number of furan rings is 1. The SMILES string of the molecule is C=CC(F)(F)c1cc2cccc(NC3CCC(NC(=O)c4ccc(OC)cc4)CC3)c2o1. The first kappa shape index (κ1) is 21.9. The van der Waals surface area contributed by atoms with Crippen molar-refractivity contribution in [2.75, 3.05) is 12.4 Å². The quantitative estimate of drug-likeness (QED) is 0.451. The molecule has 168 valence electrons. The molecule has 0 saturated heterocycles. The minimum Gasteiger partial charge on any atom is -0.497 e. The van der Waals surface area contributed by atoms with Crippen LogP contribution in [0.25, 0.3) is 11.0 Å². The van der Waals surface area contributed by atoms with E-state index in [1.807, 2.05) is 12.1 Å². The van der Waals surface area contributed by atoms with Crippen LogP contribution in [0.4, 0.5) is 14.5 Å². The van der Waals surface area contributed by atoms with Crippen LogP contribution in [0.15, 0.2) is 65.6 Å². The van der Waals surface area contributed by atoms with Gasteiger partial charge in [-0.05, 0) is 68.2 Å². The number of nitrogens with one attached hydrogen (secondary N) is 2. The van der Waals surface area contributed by atoms with Crippen molar-refractivity contribution < 1.29 is 22.7 Å². The lowest BCUT2D eigenvalue weighted by molar-refractivity contribution is 0.0297. The zero-order chi connectivity index (χ0) is 22.7. The third-order valence-electron chi connectivity index (χ3n) is 5.90. The third kappa shape index (κ3) is 4.61. The van der Waals surface area contributed by atoms with E-state index in [1.165, 1.54) is 6.07 Å². The number of benzene rings is 2. The van der Waals surface area contributed by atoms with Crippen LogP contribution >= 0.6 is 0 Å². The molecule has 0 atom stereocenters. The van der Waals surface area contributed by atoms with E-state index in [-0.39, 0.29) is 18.0 Å². The number of carbonyl (C=O) groups is 1. The van der Waals surface area contributed by atoms with Gasteiger partial charge in [0.1, 0.15) is 5.75 Å². The normalized spacial score (nSPS) is 18.8. The van der Waals surface area contributed by atoms with Crippen LogP contribution < -0.4 is 15.4 Å². The van der Waals surface area contributed by atoms with E-state index < -0.39 is 11.7 Å². The van der Waals surface area contributed by atoms with Gasteiger partial charge in [0.15, 0.2) is 11.3 Å². The van der Waals surface area contributed by atoms with Gasteiger partial charge in [-0.1, -0.05) is 18.7 Å². The Bertz CT molecular complexity index is 1100. The number of carbonyl (C=O) groups excluding carboxylic acids is 1. The van der Waals surface area contributed by atoms with E-state index in [0.717, 1.165) is 25.7 Å². The van der Waals surface area contributed by atoms with E-state index in [2.05, 4.69) is 17.2 Å². The van der Waals surface area contributed by atoms with Gasteiger partial charge in [-0.2, -0.15) is 8.78 Å². The molecule has 0 radical (unpaired) electrons. The van der Waals surface area contributed by atoms with E-state index in [0.29, 0.717) is 34.0 Å². The van der Waals surface area contributed by atoms with Gasteiger partial charge in [0.2, 0.25) is 0 Å². The van der Waals surface area contributed by atoms with Gasteiger partial charge in [-0.3, -0.25) is 4.79 Å². The topological polar surface area (TPSA) is 63.5 Å². The minimum atomic E-state index is -3.21. The fourth-order valence-electron chi connectivity index (χ4n) is 4.05. The van der Waals surface area contributed by atoms with E-state index in [4.69, 9.17) is 9.15 Å². The van der Waals surface area contributed by atoms with Gasteiger partial charge < -0.3 is 19.8 Å². The van der Waals surface area contributed by atoms with Crippen molar-refractivity contribution in [2.45, 2.75) is 43.7 Å². The first-order chi connectivity index (χ1) is 15.4. The largest absolute Gasteiger partial charge is 0.497 e. The summed E-state index contributed by atoms with van der Waals surface area (Å²) >= 11 is 0. The van der Waals surface area contributed by atoms with Crippen LogP contribution in [0.1, 0.15) is 41.8 Å². The summed E-state index contributed by atoms with van der Waals surface area (Å²) in [6.07, 6.45) is 3.93. The molecule has 0 aliphatic heterocycles. The number of alkyl halides is 2. The van der Waals surface area contributed by atoms with Gasteiger partial charge >= 0.3 is 5.92 Å². The summed E-state index contributed by atoms with van der Waals surface area (Å²) in [4.78, 5) is 12.5. The molecule has 1 aliphatic carbocycles. The summed E-state index contributed by atoms with van der Waals surface area (Å²) < 4.78 is 38.5. The first-order valence-electron chi connectivity index (χ1n) is 10.7. The van der Waals surface area contributed by atoms with E-state index in [1.54, 1.807) is 37.4 Å². The molecule has 1 saturated carbocycles. The fourth-order valence-corrected chi connectivity index (χ4v) is 4.05. The average molecular weight is 440 g/mol. The predicted octanol–water partition coefficient (Wildman–Crippen LogP) is 5.87. The van der Waals surface area contributed by atoms with Crippen LogP contribution in [0.2, 0.25) is 0 Å². The monoisotopic (exact) mass is 440 g/mol. The molecular weight excluding hydrogens is 414 g/mol. The summed E-state index contributed by atoms with van der Waals surface area (Å²) in [5.74, 6) is -3.02. The third-order valence-corrected chi connectivity index (χ3v) is 5.90. The van der Waals surface area contributed by atoms with Gasteiger partial charge in [0.05, 0.1) is 12.8 Å². The van der Waals surface area contributed by atoms with Crippen LogP contribution in [0.3, 0.4) is 0 Å². The summed E-state index contributed by atoms with van der Waals surface area (Å²) in [7, 11) is 1.59. The molecule has 1 aliphatic rings. The summed E-state index contributed by atoms with van der Waals surface area (Å²) in [5, 5.41) is 7.15. The molecule has 1 fully saturated rings. The molecule has 1 amide bonds. The fraction of sp³-hybridized carbons (Fsp3) is 0.320. The molecule has 1 heterocycles. The van der Waals surface area contributed by atoms with Crippen molar-refractivity contribution >= 4 is 22.6 Å². The molecule has 0 bridgehead atoms. The Hall–Kier alpha value is -3.35. The Morgan fingerprint density at radius 3 is 2.47 bits per heavy atom. The minimum absolute atomic E-state index is 0.0971. The summed E-state index contributed by atoms with van der Waals surface area (Å²) in [6.45, 7) is 3.19. The Morgan fingerprint density at radius 1 is 1.12 bits per heavy atom. The number of amides is 1. The van der Waals surface area contributed by atoms with Crippen LogP contribution in [-0.2, 0) is 5.92 Å². The van der Waals surface area contributed by atoms with Gasteiger partial charge in [0, 0.05) is 23.0 Å². The standard InChI is InChI=1S/C25H26F2N2O3/c1-3-25(26,27)22-15-17-5-4-6-21(23(17)32-22)28-18-9-11-19(12-10-18)29-24(30)16-7-13-20(31-2)14-8-16/h3-8,13-15,18-19,28H,1,9-12H2,2H3,(H,29,30). The van der Waals surface area contributed by atoms with Crippen molar-refractivity contribution in [3.05, 3.63) is 72.5 Å². The molecular formula is C25H26F2N2O3. The zero-order valence-corrected chi connectivity index (χ0v) is 17.9. The predicted molar refractivity (Wildman–Crippen MR) is 120 cm³/mol. The van der Waals surface area contributed by atoms with Crippen molar-refractivity contribution in [2.24, 2.45) is 0 Å². The second-order valence-corrected chi connectivity index (χ2v) is 8.06. The average Bonchev–Trinajstić information content (AvgIpc) is 3.27. The summed E-state index contributed by atoms with van der Waals surface area (Å²) in [6, 6.07) is 14.0. The molecule has 32 heavy (non-hydrogen) atoms. The highest BCUT2D eigenvalue weighted by molar-refractivity contribution is 5.94. The number of anilines is 1. The Morgan fingerprint density at radius 2 is 1.81 bits per heavy atom. The molecule has 0 spiro atoms. The molecule has 4 rings (SSSR count). The number of para-hydroxylation sites is 1. The molecule has 2 aromatic carbocycles. The Kier molecular flexibility index (Phi) is 6.17. The highest BCUT2D eigenvalue weighted by atomic mass is 19.3. The first-order valence-corrected chi connectivity index (χ1v) is 10.7. The smallest absolute Gasteiger partial charge is 0.322 e. The molecule has 0 unspecified atom stereocenters. The maximum absolute atomic E-state index is 13.9. The van der Waals surface area contributed by atoms with Crippen molar-refractivity contribution in [1.29, 1.82) is 0 Å². The number of hydrogen-bond acceptors (Lipinski definition) is 4. The number of rotatable bonds is 7. The van der Waals surface area contributed by atoms with Crippen LogP contribution in [0, 0.1) is 0 Å². The maximum Gasteiger partial charge on any atom is 0.322 e. The number of halogens is 2. The lowest BCUT2D eigenvalue weighted by Gasteiger charge is -2.30. The highest BCUT2D eigenvalue weighted by Gasteiger charge is 2.32. The van der Waals surface area contributed by atoms with Crippen LogP contribution in [0.5, 0.6) is 5.75 Å². The van der Waals surface area contributed by atoms with Crippen molar-refractivity contribution in [3.8, 4) is 5.75 Å². The lowest BCUT2D eigenvalue weighted by Crippen LogP contribution is -2.40. The Balaban J connectivity index is 1.36. The number of methoxy groups -OCH3 is 1. The van der Waals surface area contributed by atoms with Crippen molar-refractivity contribution in [3.63, 3.8) is 0 Å². The van der Waals surface area contributed by atoms with Crippen molar-refractivity contribution in [1.82, 2.24) is 5.32 Å².